The zero-order chi connectivity index (χ0) is 29.3. The van der Waals surface area contributed by atoms with Gasteiger partial charge in [0.1, 0.15) is 6.04 Å². The summed E-state index contributed by atoms with van der Waals surface area (Å²) in [5, 5.41) is 3.07. The van der Waals surface area contributed by atoms with Crippen LogP contribution in [0.15, 0.2) is 89.8 Å². The smallest absolute Gasteiger partial charge is 0.243 e. The highest BCUT2D eigenvalue weighted by Gasteiger charge is 2.32. The average Bonchev–Trinajstić information content (AvgIpc) is 2.91. The normalized spacial score (nSPS) is 12.7. The number of sulfonamides is 1. The number of hydrogen-bond donors (Lipinski definition) is 1. The van der Waals surface area contributed by atoms with E-state index >= 15 is 0 Å². The molecule has 0 saturated carbocycles. The number of nitrogens with zero attached hydrogens (tertiary/aromatic N) is 2. The fourth-order valence-electron chi connectivity index (χ4n) is 4.47. The first-order valence-corrected chi connectivity index (χ1v) is 15.0. The van der Waals surface area contributed by atoms with Gasteiger partial charge in [-0.05, 0) is 62.9 Å². The molecule has 8 heteroatoms. The maximum Gasteiger partial charge on any atom is 0.243 e. The summed E-state index contributed by atoms with van der Waals surface area (Å²) in [6.45, 7) is 8.20. The molecule has 0 bridgehead atoms. The number of benzene rings is 3. The summed E-state index contributed by atoms with van der Waals surface area (Å²) in [5.74, 6) is -0.416. The van der Waals surface area contributed by atoms with E-state index in [4.69, 9.17) is 0 Å². The third kappa shape index (κ3) is 8.76. The fourth-order valence-corrected chi connectivity index (χ4v) is 5.70. The summed E-state index contributed by atoms with van der Waals surface area (Å²) in [5.41, 5.74) is 2.47. The molecule has 0 aliphatic carbocycles. The number of aryl methyl sites for hydroxylation is 1. The SMILES string of the molecule is Cc1ccccc1CN(C(=O)CCCN(C)S(=O)(=O)c1ccccc1)C(Cc1ccccc1)C(=O)NC(C)(C)C. The van der Waals surface area contributed by atoms with E-state index in [0.29, 0.717) is 12.8 Å². The minimum absolute atomic E-state index is 0.106. The molecule has 1 N–H and O–H groups in total. The summed E-state index contributed by atoms with van der Waals surface area (Å²) in [6.07, 6.45) is 0.794. The zero-order valence-corrected chi connectivity index (χ0v) is 24.9. The highest BCUT2D eigenvalue weighted by Crippen LogP contribution is 2.20. The van der Waals surface area contributed by atoms with Crippen molar-refractivity contribution in [3.05, 3.63) is 102 Å². The molecule has 40 heavy (non-hydrogen) atoms. The fraction of sp³-hybridized carbons (Fsp3) is 0.375. The Morgan fingerprint density at radius 3 is 2.05 bits per heavy atom. The van der Waals surface area contributed by atoms with Crippen molar-refractivity contribution in [1.29, 1.82) is 0 Å². The average molecular weight is 564 g/mol. The van der Waals surface area contributed by atoms with Crippen LogP contribution in [-0.2, 0) is 32.6 Å². The van der Waals surface area contributed by atoms with Gasteiger partial charge in [0.25, 0.3) is 0 Å². The minimum Gasteiger partial charge on any atom is -0.350 e. The molecule has 3 aromatic rings. The molecule has 0 aliphatic heterocycles. The van der Waals surface area contributed by atoms with Crippen LogP contribution < -0.4 is 5.32 Å². The molecule has 1 unspecified atom stereocenters. The van der Waals surface area contributed by atoms with Gasteiger partial charge in [-0.3, -0.25) is 9.59 Å². The summed E-state index contributed by atoms with van der Waals surface area (Å²) < 4.78 is 27.1. The highest BCUT2D eigenvalue weighted by molar-refractivity contribution is 7.89. The van der Waals surface area contributed by atoms with Crippen LogP contribution >= 0.6 is 0 Å². The van der Waals surface area contributed by atoms with Crippen LogP contribution in [0.4, 0.5) is 0 Å². The van der Waals surface area contributed by atoms with Crippen LogP contribution in [0.5, 0.6) is 0 Å². The topological polar surface area (TPSA) is 86.8 Å². The third-order valence-corrected chi connectivity index (χ3v) is 8.56. The van der Waals surface area contributed by atoms with Crippen LogP contribution in [0.3, 0.4) is 0 Å². The molecule has 2 amide bonds. The van der Waals surface area contributed by atoms with Crippen molar-refractivity contribution in [2.75, 3.05) is 13.6 Å². The van der Waals surface area contributed by atoms with Gasteiger partial charge < -0.3 is 10.2 Å². The van der Waals surface area contributed by atoms with Crippen LogP contribution in [-0.4, -0.2) is 54.6 Å². The molecule has 214 valence electrons. The second-order valence-corrected chi connectivity index (χ2v) is 13.2. The number of rotatable bonds is 12. The van der Waals surface area contributed by atoms with Crippen molar-refractivity contribution in [3.63, 3.8) is 0 Å². The van der Waals surface area contributed by atoms with Gasteiger partial charge in [-0.15, -0.1) is 0 Å². The zero-order valence-electron chi connectivity index (χ0n) is 24.1. The molecule has 0 spiro atoms. The van der Waals surface area contributed by atoms with E-state index in [1.165, 1.54) is 11.4 Å². The summed E-state index contributed by atoms with van der Waals surface area (Å²) >= 11 is 0. The Bertz CT molecular complexity index is 1370. The maximum absolute atomic E-state index is 13.8. The summed E-state index contributed by atoms with van der Waals surface area (Å²) in [6, 6.07) is 25.0. The molecule has 0 fully saturated rings. The summed E-state index contributed by atoms with van der Waals surface area (Å²) in [4.78, 5) is 29.4. The van der Waals surface area contributed by atoms with Crippen molar-refractivity contribution in [2.24, 2.45) is 0 Å². The Hall–Kier alpha value is -3.49. The Kier molecular flexibility index (Phi) is 10.7. The van der Waals surface area contributed by atoms with E-state index < -0.39 is 21.6 Å². The van der Waals surface area contributed by atoms with Gasteiger partial charge in [-0.1, -0.05) is 72.8 Å². The van der Waals surface area contributed by atoms with Crippen LogP contribution in [0.2, 0.25) is 0 Å². The maximum atomic E-state index is 13.8. The molecule has 0 aliphatic rings. The lowest BCUT2D eigenvalue weighted by molar-refractivity contribution is -0.142. The van der Waals surface area contributed by atoms with E-state index in [9.17, 15) is 18.0 Å². The van der Waals surface area contributed by atoms with Crippen molar-refractivity contribution >= 4 is 21.8 Å². The highest BCUT2D eigenvalue weighted by atomic mass is 32.2. The molecule has 3 rings (SSSR count). The standard InChI is InChI=1S/C32H41N3O4S/c1-25-15-12-13-18-27(25)24-35(29(31(37)33-32(2,3)4)23-26-16-8-6-9-17-26)30(36)21-14-22-34(5)40(38,39)28-19-10-7-11-20-28/h6-13,15-20,29H,14,21-24H2,1-5H3,(H,33,37). The molecule has 0 heterocycles. The van der Waals surface area contributed by atoms with Crippen molar-refractivity contribution < 1.29 is 18.0 Å². The lowest BCUT2D eigenvalue weighted by Gasteiger charge is -2.34. The predicted molar refractivity (Wildman–Crippen MR) is 159 cm³/mol. The molecular weight excluding hydrogens is 522 g/mol. The van der Waals surface area contributed by atoms with E-state index in [1.54, 1.807) is 35.2 Å². The number of carbonyl (C=O) groups is 2. The largest absolute Gasteiger partial charge is 0.350 e. The number of hydrogen-bond acceptors (Lipinski definition) is 4. The molecule has 0 radical (unpaired) electrons. The quantitative estimate of drug-likeness (QED) is 0.338. The lowest BCUT2D eigenvalue weighted by Crippen LogP contribution is -2.54. The molecule has 0 saturated heterocycles. The van der Waals surface area contributed by atoms with Crippen molar-refractivity contribution in [1.82, 2.24) is 14.5 Å². The molecule has 7 nitrogen and oxygen atoms in total. The summed E-state index contributed by atoms with van der Waals surface area (Å²) in [7, 11) is -2.14. The van der Waals surface area contributed by atoms with Gasteiger partial charge in [-0.25, -0.2) is 12.7 Å². The molecule has 3 aromatic carbocycles. The Morgan fingerprint density at radius 1 is 0.875 bits per heavy atom. The first-order chi connectivity index (χ1) is 18.9. The van der Waals surface area contributed by atoms with Gasteiger partial charge in [0, 0.05) is 38.5 Å². The number of carbonyl (C=O) groups excluding carboxylic acids is 2. The lowest BCUT2D eigenvalue weighted by atomic mass is 9.99. The first kappa shape index (κ1) is 31.0. The Labute approximate surface area is 239 Å². The number of amides is 2. The van der Waals surface area contributed by atoms with E-state index in [-0.39, 0.29) is 36.2 Å². The van der Waals surface area contributed by atoms with Gasteiger partial charge >= 0.3 is 0 Å². The monoisotopic (exact) mass is 563 g/mol. The van der Waals surface area contributed by atoms with Gasteiger partial charge in [0.15, 0.2) is 0 Å². The second-order valence-electron chi connectivity index (χ2n) is 11.1. The number of nitrogens with one attached hydrogen (secondary N) is 1. The van der Waals surface area contributed by atoms with Crippen LogP contribution in [0, 0.1) is 6.92 Å². The van der Waals surface area contributed by atoms with E-state index in [1.807, 2.05) is 82.3 Å². The van der Waals surface area contributed by atoms with Crippen LogP contribution in [0.25, 0.3) is 0 Å². The van der Waals surface area contributed by atoms with Crippen molar-refractivity contribution in [3.8, 4) is 0 Å². The Balaban J connectivity index is 1.85. The molecule has 0 aromatic heterocycles. The first-order valence-electron chi connectivity index (χ1n) is 13.6. The predicted octanol–water partition coefficient (Wildman–Crippen LogP) is 4.95. The van der Waals surface area contributed by atoms with Gasteiger partial charge in [0.05, 0.1) is 4.90 Å². The Morgan fingerprint density at radius 2 is 1.45 bits per heavy atom. The molecular formula is C32H41N3O4S. The van der Waals surface area contributed by atoms with E-state index in [2.05, 4.69) is 5.32 Å². The van der Waals surface area contributed by atoms with E-state index in [0.717, 1.165) is 16.7 Å². The third-order valence-electron chi connectivity index (χ3n) is 6.69. The van der Waals surface area contributed by atoms with Gasteiger partial charge in [-0.2, -0.15) is 0 Å². The van der Waals surface area contributed by atoms with Crippen LogP contribution in [0.1, 0.15) is 50.3 Å². The molecule has 1 atom stereocenters. The second kappa shape index (κ2) is 13.7. The minimum atomic E-state index is -3.66. The van der Waals surface area contributed by atoms with Crippen molar-refractivity contribution in [2.45, 2.75) is 70.0 Å². The van der Waals surface area contributed by atoms with Gasteiger partial charge in [0.2, 0.25) is 21.8 Å².